The van der Waals surface area contributed by atoms with Crippen molar-refractivity contribution in [1.82, 2.24) is 9.97 Å². The van der Waals surface area contributed by atoms with E-state index in [1.54, 1.807) is 0 Å². The molecule has 4 nitrogen and oxygen atoms in total. The molecule has 1 aliphatic rings. The highest BCUT2D eigenvalue weighted by atomic mass is 79.9. The molecule has 2 aromatic heterocycles. The first-order chi connectivity index (χ1) is 12.2. The lowest BCUT2D eigenvalue weighted by molar-refractivity contribution is 0.158. The maximum Gasteiger partial charge on any atom is 0.112 e. The van der Waals surface area contributed by atoms with Gasteiger partial charge < -0.3 is 10.0 Å². The fourth-order valence-corrected chi connectivity index (χ4v) is 4.01. The SMILES string of the molecule is OC(CC1CCCN1c1ccnc2cc(Br)cnc12)c1ccccc1. The molecule has 3 aromatic rings. The fourth-order valence-electron chi connectivity index (χ4n) is 3.69. The number of hydrogen-bond donors (Lipinski definition) is 1. The molecule has 1 saturated heterocycles. The van der Waals surface area contributed by atoms with Crippen molar-refractivity contribution in [3.8, 4) is 0 Å². The molecule has 1 fully saturated rings. The van der Waals surface area contributed by atoms with Gasteiger partial charge >= 0.3 is 0 Å². The van der Waals surface area contributed by atoms with Crippen LogP contribution in [0.1, 0.15) is 30.9 Å². The van der Waals surface area contributed by atoms with Crippen LogP contribution >= 0.6 is 15.9 Å². The lowest BCUT2D eigenvalue weighted by Gasteiger charge is -2.29. The van der Waals surface area contributed by atoms with Crippen LogP contribution in [-0.4, -0.2) is 27.7 Å². The molecule has 2 atom stereocenters. The van der Waals surface area contributed by atoms with E-state index in [2.05, 4.69) is 30.8 Å². The molecular weight excluding hydrogens is 378 g/mol. The second kappa shape index (κ2) is 7.10. The van der Waals surface area contributed by atoms with Crippen molar-refractivity contribution >= 4 is 32.7 Å². The van der Waals surface area contributed by atoms with Gasteiger partial charge in [-0.1, -0.05) is 30.3 Å². The third-order valence-corrected chi connectivity index (χ3v) is 5.32. The Morgan fingerprint density at radius 3 is 2.88 bits per heavy atom. The molecule has 3 heterocycles. The molecule has 128 valence electrons. The van der Waals surface area contributed by atoms with Crippen molar-refractivity contribution in [3.05, 3.63) is 64.9 Å². The lowest BCUT2D eigenvalue weighted by atomic mass is 10.0. The average molecular weight is 398 g/mol. The quantitative estimate of drug-likeness (QED) is 0.704. The minimum absolute atomic E-state index is 0.311. The first kappa shape index (κ1) is 16.5. The van der Waals surface area contributed by atoms with Crippen LogP contribution in [0.2, 0.25) is 0 Å². The summed E-state index contributed by atoms with van der Waals surface area (Å²) in [7, 11) is 0. The zero-order valence-corrected chi connectivity index (χ0v) is 15.4. The topological polar surface area (TPSA) is 49.2 Å². The van der Waals surface area contributed by atoms with E-state index in [1.165, 1.54) is 0 Å². The van der Waals surface area contributed by atoms with Crippen molar-refractivity contribution in [3.63, 3.8) is 0 Å². The third-order valence-electron chi connectivity index (χ3n) is 4.89. The first-order valence-corrected chi connectivity index (χ1v) is 9.41. The largest absolute Gasteiger partial charge is 0.388 e. The number of anilines is 1. The summed E-state index contributed by atoms with van der Waals surface area (Å²) in [5.41, 5.74) is 3.91. The Morgan fingerprint density at radius 1 is 1.20 bits per heavy atom. The van der Waals surface area contributed by atoms with Gasteiger partial charge in [0.25, 0.3) is 0 Å². The zero-order chi connectivity index (χ0) is 17.2. The molecular formula is C20H20BrN3O. The van der Waals surface area contributed by atoms with Crippen molar-refractivity contribution in [2.45, 2.75) is 31.4 Å². The van der Waals surface area contributed by atoms with Crippen LogP contribution in [0.3, 0.4) is 0 Å². The molecule has 0 saturated carbocycles. The number of pyridine rings is 2. The van der Waals surface area contributed by atoms with Crippen LogP contribution in [0.5, 0.6) is 0 Å². The number of benzene rings is 1. The van der Waals surface area contributed by atoms with Crippen molar-refractivity contribution in [2.75, 3.05) is 11.4 Å². The number of aliphatic hydroxyl groups excluding tert-OH is 1. The first-order valence-electron chi connectivity index (χ1n) is 8.62. The highest BCUT2D eigenvalue weighted by Gasteiger charge is 2.28. The molecule has 0 spiro atoms. The van der Waals surface area contributed by atoms with Crippen LogP contribution in [0.15, 0.2) is 59.3 Å². The van der Waals surface area contributed by atoms with Crippen LogP contribution in [0, 0.1) is 0 Å². The number of hydrogen-bond acceptors (Lipinski definition) is 4. The number of fused-ring (bicyclic) bond motifs is 1. The van der Waals surface area contributed by atoms with Gasteiger partial charge in [0.15, 0.2) is 0 Å². The molecule has 0 bridgehead atoms. The Morgan fingerprint density at radius 2 is 2.04 bits per heavy atom. The van der Waals surface area contributed by atoms with E-state index in [9.17, 15) is 5.11 Å². The summed E-state index contributed by atoms with van der Waals surface area (Å²) < 4.78 is 0.933. The highest BCUT2D eigenvalue weighted by Crippen LogP contribution is 2.34. The summed E-state index contributed by atoms with van der Waals surface area (Å²) in [4.78, 5) is 11.4. The minimum Gasteiger partial charge on any atom is -0.388 e. The van der Waals surface area contributed by atoms with Gasteiger partial charge in [-0.15, -0.1) is 0 Å². The third kappa shape index (κ3) is 3.39. The fraction of sp³-hybridized carbons (Fsp3) is 0.300. The van der Waals surface area contributed by atoms with Crippen LogP contribution in [0.4, 0.5) is 5.69 Å². The predicted molar refractivity (Wildman–Crippen MR) is 104 cm³/mol. The molecule has 1 aliphatic heterocycles. The molecule has 0 radical (unpaired) electrons. The highest BCUT2D eigenvalue weighted by molar-refractivity contribution is 9.10. The predicted octanol–water partition coefficient (Wildman–Crippen LogP) is 4.48. The van der Waals surface area contributed by atoms with E-state index in [1.807, 2.05) is 54.9 Å². The van der Waals surface area contributed by atoms with Gasteiger partial charge in [-0.05, 0) is 52.9 Å². The summed E-state index contributed by atoms with van der Waals surface area (Å²) in [6, 6.07) is 14.3. The normalized spacial score (nSPS) is 18.6. The van der Waals surface area contributed by atoms with E-state index < -0.39 is 6.10 Å². The molecule has 2 unspecified atom stereocenters. The van der Waals surface area contributed by atoms with Crippen molar-refractivity contribution in [1.29, 1.82) is 0 Å². The monoisotopic (exact) mass is 397 g/mol. The Hall–Kier alpha value is -1.98. The Balaban J connectivity index is 1.62. The molecule has 1 aromatic carbocycles. The van der Waals surface area contributed by atoms with E-state index in [0.717, 1.165) is 52.6 Å². The van der Waals surface area contributed by atoms with Gasteiger partial charge in [0.05, 0.1) is 17.3 Å². The van der Waals surface area contributed by atoms with E-state index in [0.29, 0.717) is 6.04 Å². The van der Waals surface area contributed by atoms with Gasteiger partial charge in [0.1, 0.15) is 5.52 Å². The minimum atomic E-state index is -0.443. The van der Waals surface area contributed by atoms with Crippen molar-refractivity contribution in [2.24, 2.45) is 0 Å². The van der Waals surface area contributed by atoms with E-state index >= 15 is 0 Å². The van der Waals surface area contributed by atoms with Gasteiger partial charge in [0, 0.05) is 29.5 Å². The number of halogens is 1. The summed E-state index contributed by atoms with van der Waals surface area (Å²) in [6.07, 6.45) is 6.16. The number of rotatable bonds is 4. The van der Waals surface area contributed by atoms with Gasteiger partial charge in [-0.3, -0.25) is 9.97 Å². The second-order valence-electron chi connectivity index (χ2n) is 6.50. The molecule has 5 heteroatoms. The lowest BCUT2D eigenvalue weighted by Crippen LogP contribution is -2.31. The maximum absolute atomic E-state index is 10.6. The van der Waals surface area contributed by atoms with Crippen LogP contribution < -0.4 is 4.90 Å². The molecule has 4 rings (SSSR count). The second-order valence-corrected chi connectivity index (χ2v) is 7.42. The maximum atomic E-state index is 10.6. The van der Waals surface area contributed by atoms with E-state index in [-0.39, 0.29) is 0 Å². The Kier molecular flexibility index (Phi) is 4.68. The van der Waals surface area contributed by atoms with E-state index in [4.69, 9.17) is 0 Å². The Bertz CT molecular complexity index is 871. The summed E-state index contributed by atoms with van der Waals surface area (Å²) in [5, 5.41) is 10.6. The Labute approximate surface area is 155 Å². The molecule has 25 heavy (non-hydrogen) atoms. The van der Waals surface area contributed by atoms with Gasteiger partial charge in [-0.2, -0.15) is 0 Å². The number of aromatic nitrogens is 2. The standard InChI is InChI=1S/C20H20BrN3O/c21-15-11-17-20(23-13-15)18(8-9-22-17)24-10-4-7-16(24)12-19(25)14-5-2-1-3-6-14/h1-3,5-6,8-9,11,13,16,19,25H,4,7,10,12H2. The average Bonchev–Trinajstić information content (AvgIpc) is 3.09. The summed E-state index contributed by atoms with van der Waals surface area (Å²) >= 11 is 3.46. The smallest absolute Gasteiger partial charge is 0.112 e. The number of aliphatic hydroxyl groups is 1. The molecule has 1 N–H and O–H groups in total. The van der Waals surface area contributed by atoms with Crippen LogP contribution in [0.25, 0.3) is 11.0 Å². The van der Waals surface area contributed by atoms with Gasteiger partial charge in [-0.25, -0.2) is 0 Å². The van der Waals surface area contributed by atoms with Gasteiger partial charge in [0.2, 0.25) is 0 Å². The van der Waals surface area contributed by atoms with Crippen molar-refractivity contribution < 1.29 is 5.11 Å². The zero-order valence-electron chi connectivity index (χ0n) is 13.8. The number of nitrogens with zero attached hydrogens (tertiary/aromatic N) is 3. The molecule has 0 aliphatic carbocycles. The molecule has 0 amide bonds. The summed E-state index contributed by atoms with van der Waals surface area (Å²) in [5.74, 6) is 0. The van der Waals surface area contributed by atoms with Crippen LogP contribution in [-0.2, 0) is 0 Å². The summed E-state index contributed by atoms with van der Waals surface area (Å²) in [6.45, 7) is 0.989.